The van der Waals surface area contributed by atoms with Gasteiger partial charge in [-0.1, -0.05) is 6.07 Å². The highest BCUT2D eigenvalue weighted by Crippen LogP contribution is 2.17. The molecule has 1 aliphatic rings. The van der Waals surface area contributed by atoms with Gasteiger partial charge in [-0.2, -0.15) is 0 Å². The summed E-state index contributed by atoms with van der Waals surface area (Å²) in [5.41, 5.74) is 3.45. The van der Waals surface area contributed by atoms with E-state index in [1.165, 1.54) is 25.1 Å². The highest BCUT2D eigenvalue weighted by atomic mass is 15.1. The fourth-order valence-corrected chi connectivity index (χ4v) is 3.09. The van der Waals surface area contributed by atoms with E-state index in [0.717, 1.165) is 17.9 Å². The van der Waals surface area contributed by atoms with Gasteiger partial charge < -0.3 is 14.6 Å². The molecular formula is C16H24N4. The number of piperidine rings is 1. The summed E-state index contributed by atoms with van der Waals surface area (Å²) in [4.78, 5) is 7.06. The molecule has 1 N–H and O–H groups in total. The van der Waals surface area contributed by atoms with Crippen LogP contribution in [-0.4, -0.2) is 40.0 Å². The van der Waals surface area contributed by atoms with Gasteiger partial charge in [-0.15, -0.1) is 0 Å². The van der Waals surface area contributed by atoms with Crippen molar-refractivity contribution in [3.63, 3.8) is 0 Å². The van der Waals surface area contributed by atoms with Crippen molar-refractivity contribution in [3.05, 3.63) is 35.8 Å². The zero-order valence-electron chi connectivity index (χ0n) is 12.6. The van der Waals surface area contributed by atoms with Gasteiger partial charge in [-0.3, -0.25) is 0 Å². The molecule has 2 aromatic rings. The number of aromatic nitrogens is 2. The van der Waals surface area contributed by atoms with Gasteiger partial charge in [0.25, 0.3) is 0 Å². The van der Waals surface area contributed by atoms with Crippen LogP contribution in [-0.2, 0) is 6.54 Å². The van der Waals surface area contributed by atoms with E-state index in [-0.39, 0.29) is 0 Å². The Balaban J connectivity index is 1.70. The summed E-state index contributed by atoms with van der Waals surface area (Å²) in [6.45, 7) is 6.50. The van der Waals surface area contributed by atoms with Crippen molar-refractivity contribution in [1.82, 2.24) is 19.6 Å². The van der Waals surface area contributed by atoms with Crippen molar-refractivity contribution in [2.24, 2.45) is 0 Å². The van der Waals surface area contributed by atoms with E-state index in [1.54, 1.807) is 0 Å². The maximum absolute atomic E-state index is 4.62. The summed E-state index contributed by atoms with van der Waals surface area (Å²) >= 11 is 0. The highest BCUT2D eigenvalue weighted by Gasteiger charge is 2.22. The van der Waals surface area contributed by atoms with E-state index in [4.69, 9.17) is 0 Å². The summed E-state index contributed by atoms with van der Waals surface area (Å²) in [6.07, 6.45) is 4.56. The Bertz CT molecular complexity index is 589. The summed E-state index contributed by atoms with van der Waals surface area (Å²) in [5.74, 6) is 0. The van der Waals surface area contributed by atoms with Crippen LogP contribution in [0.1, 0.15) is 31.2 Å². The van der Waals surface area contributed by atoms with Crippen LogP contribution in [0, 0.1) is 6.92 Å². The largest absolute Gasteiger partial charge is 0.308 e. The molecule has 2 unspecified atom stereocenters. The SMILES string of the molecule is Cc1nc2ccccn2c1CNC1CCN(C)C(C)C1. The second kappa shape index (κ2) is 5.54. The number of hydrogen-bond acceptors (Lipinski definition) is 3. The van der Waals surface area contributed by atoms with Gasteiger partial charge in [0.1, 0.15) is 5.65 Å². The molecule has 1 fully saturated rings. The van der Waals surface area contributed by atoms with Gasteiger partial charge in [0.15, 0.2) is 0 Å². The fourth-order valence-electron chi connectivity index (χ4n) is 3.09. The van der Waals surface area contributed by atoms with Gasteiger partial charge in [0.05, 0.1) is 11.4 Å². The van der Waals surface area contributed by atoms with Crippen LogP contribution >= 0.6 is 0 Å². The first-order valence-electron chi connectivity index (χ1n) is 7.51. The molecule has 108 valence electrons. The molecule has 2 atom stereocenters. The first-order chi connectivity index (χ1) is 9.65. The van der Waals surface area contributed by atoms with Gasteiger partial charge in [0, 0.05) is 24.8 Å². The molecule has 0 aliphatic carbocycles. The quantitative estimate of drug-likeness (QED) is 0.930. The number of nitrogens with zero attached hydrogens (tertiary/aromatic N) is 3. The standard InChI is InChI=1S/C16H24N4/c1-12-10-14(7-9-19(12)3)17-11-15-13(2)18-16-6-4-5-8-20(15)16/h4-6,8,12,14,17H,7,9-11H2,1-3H3. The van der Waals surface area contributed by atoms with E-state index < -0.39 is 0 Å². The normalized spacial score (nSPS) is 24.4. The van der Waals surface area contributed by atoms with Crippen molar-refractivity contribution >= 4 is 5.65 Å². The Morgan fingerprint density at radius 1 is 1.40 bits per heavy atom. The monoisotopic (exact) mass is 272 g/mol. The lowest BCUT2D eigenvalue weighted by molar-refractivity contribution is 0.168. The van der Waals surface area contributed by atoms with Crippen LogP contribution in [0.25, 0.3) is 5.65 Å². The number of likely N-dealkylation sites (tertiary alicyclic amines) is 1. The molecule has 4 heteroatoms. The summed E-state index contributed by atoms with van der Waals surface area (Å²) in [5, 5.41) is 3.72. The average molecular weight is 272 g/mol. The maximum atomic E-state index is 4.62. The molecular weight excluding hydrogens is 248 g/mol. The fraction of sp³-hybridized carbons (Fsp3) is 0.562. The predicted octanol–water partition coefficient (Wildman–Crippen LogP) is 2.22. The van der Waals surface area contributed by atoms with Gasteiger partial charge >= 0.3 is 0 Å². The highest BCUT2D eigenvalue weighted by molar-refractivity contribution is 5.42. The van der Waals surface area contributed by atoms with Crippen LogP contribution < -0.4 is 5.32 Å². The zero-order chi connectivity index (χ0) is 14.1. The predicted molar refractivity (Wildman–Crippen MR) is 81.9 cm³/mol. The van der Waals surface area contributed by atoms with E-state index >= 15 is 0 Å². The van der Waals surface area contributed by atoms with Crippen LogP contribution in [0.4, 0.5) is 0 Å². The van der Waals surface area contributed by atoms with Crippen LogP contribution in [0.5, 0.6) is 0 Å². The average Bonchev–Trinajstić information content (AvgIpc) is 2.76. The van der Waals surface area contributed by atoms with E-state index in [1.807, 2.05) is 6.07 Å². The topological polar surface area (TPSA) is 32.6 Å². The molecule has 0 aromatic carbocycles. The molecule has 4 nitrogen and oxygen atoms in total. The number of pyridine rings is 1. The third-order valence-corrected chi connectivity index (χ3v) is 4.60. The van der Waals surface area contributed by atoms with Crippen LogP contribution in [0.15, 0.2) is 24.4 Å². The minimum absolute atomic E-state index is 0.620. The van der Waals surface area contributed by atoms with Crippen LogP contribution in [0.2, 0.25) is 0 Å². The van der Waals surface area contributed by atoms with Crippen molar-refractivity contribution in [2.75, 3.05) is 13.6 Å². The third-order valence-electron chi connectivity index (χ3n) is 4.60. The van der Waals surface area contributed by atoms with Gasteiger partial charge in [-0.05, 0) is 52.4 Å². The molecule has 1 saturated heterocycles. The van der Waals surface area contributed by atoms with E-state index in [9.17, 15) is 0 Å². The molecule has 20 heavy (non-hydrogen) atoms. The lowest BCUT2D eigenvalue weighted by Crippen LogP contribution is -2.45. The molecule has 3 rings (SSSR count). The molecule has 0 radical (unpaired) electrons. The molecule has 3 heterocycles. The molecule has 2 aromatic heterocycles. The zero-order valence-corrected chi connectivity index (χ0v) is 12.6. The van der Waals surface area contributed by atoms with Crippen molar-refractivity contribution < 1.29 is 0 Å². The lowest BCUT2D eigenvalue weighted by atomic mass is 9.99. The first kappa shape index (κ1) is 13.6. The van der Waals surface area contributed by atoms with Gasteiger partial charge in [0.2, 0.25) is 0 Å². The number of imidazole rings is 1. The lowest BCUT2D eigenvalue weighted by Gasteiger charge is -2.35. The minimum atomic E-state index is 0.620. The number of hydrogen-bond donors (Lipinski definition) is 1. The Morgan fingerprint density at radius 3 is 3.05 bits per heavy atom. The Hall–Kier alpha value is -1.39. The second-order valence-electron chi connectivity index (χ2n) is 6.00. The summed E-state index contributed by atoms with van der Waals surface area (Å²) < 4.78 is 2.20. The summed E-state index contributed by atoms with van der Waals surface area (Å²) in [7, 11) is 2.22. The van der Waals surface area contributed by atoms with Crippen molar-refractivity contribution in [1.29, 1.82) is 0 Å². The minimum Gasteiger partial charge on any atom is -0.308 e. The molecule has 0 spiro atoms. The molecule has 0 bridgehead atoms. The number of rotatable bonds is 3. The Morgan fingerprint density at radius 2 is 2.25 bits per heavy atom. The molecule has 0 saturated carbocycles. The molecule has 0 amide bonds. The van der Waals surface area contributed by atoms with Crippen molar-refractivity contribution in [3.8, 4) is 0 Å². The molecule has 1 aliphatic heterocycles. The smallest absolute Gasteiger partial charge is 0.137 e. The number of aryl methyl sites for hydroxylation is 1. The van der Waals surface area contributed by atoms with Gasteiger partial charge in [-0.25, -0.2) is 4.98 Å². The number of nitrogens with one attached hydrogen (secondary N) is 1. The van der Waals surface area contributed by atoms with Crippen LogP contribution in [0.3, 0.4) is 0 Å². The summed E-state index contributed by atoms with van der Waals surface area (Å²) in [6, 6.07) is 7.46. The first-order valence-corrected chi connectivity index (χ1v) is 7.51. The van der Waals surface area contributed by atoms with E-state index in [2.05, 4.69) is 58.8 Å². The van der Waals surface area contributed by atoms with E-state index in [0.29, 0.717) is 12.1 Å². The number of fused-ring (bicyclic) bond motifs is 1. The third kappa shape index (κ3) is 2.58. The van der Waals surface area contributed by atoms with Crippen molar-refractivity contribution in [2.45, 2.75) is 45.3 Å². The Labute approximate surface area is 120 Å². The second-order valence-corrected chi connectivity index (χ2v) is 6.00. The maximum Gasteiger partial charge on any atom is 0.137 e. The Kier molecular flexibility index (Phi) is 3.76.